The summed E-state index contributed by atoms with van der Waals surface area (Å²) in [5.74, 6) is 1.93. The zero-order chi connectivity index (χ0) is 9.31. The third-order valence-electron chi connectivity index (χ3n) is 3.27. The quantitative estimate of drug-likeness (QED) is 0.699. The molecule has 3 atom stereocenters. The van der Waals surface area contributed by atoms with Crippen molar-refractivity contribution in [2.75, 3.05) is 19.0 Å². The molecule has 1 N–H and O–H groups in total. The normalized spacial score (nSPS) is 45.7. The van der Waals surface area contributed by atoms with E-state index >= 15 is 0 Å². The Labute approximate surface area is 84.8 Å². The Hall–Kier alpha value is 0.270. The van der Waals surface area contributed by atoms with E-state index in [4.69, 9.17) is 4.74 Å². The van der Waals surface area contributed by atoms with E-state index in [-0.39, 0.29) is 0 Å². The van der Waals surface area contributed by atoms with Crippen molar-refractivity contribution in [3.8, 4) is 0 Å². The molecule has 3 unspecified atom stereocenters. The van der Waals surface area contributed by atoms with E-state index in [1.54, 1.807) is 0 Å². The smallest absolute Gasteiger partial charge is 0.0718 e. The molecule has 3 heteroatoms. The summed E-state index contributed by atoms with van der Waals surface area (Å²) in [6.45, 7) is 6.43. The summed E-state index contributed by atoms with van der Waals surface area (Å²) < 4.78 is 5.48. The van der Waals surface area contributed by atoms with Crippen LogP contribution in [0, 0.1) is 5.92 Å². The molecule has 0 saturated carbocycles. The van der Waals surface area contributed by atoms with Gasteiger partial charge in [0, 0.05) is 24.3 Å². The fourth-order valence-corrected chi connectivity index (χ4v) is 3.84. The molecule has 0 aromatic rings. The minimum Gasteiger partial charge on any atom is -0.381 e. The molecule has 0 aliphatic carbocycles. The van der Waals surface area contributed by atoms with Crippen LogP contribution in [-0.4, -0.2) is 29.9 Å². The van der Waals surface area contributed by atoms with Gasteiger partial charge in [0.1, 0.15) is 0 Å². The lowest BCUT2D eigenvalue weighted by Crippen LogP contribution is -2.51. The molecule has 0 amide bonds. The molecule has 1 spiro atoms. The zero-order valence-corrected chi connectivity index (χ0v) is 9.32. The maximum Gasteiger partial charge on any atom is 0.0718 e. The Morgan fingerprint density at radius 2 is 2.46 bits per heavy atom. The molecule has 2 rings (SSSR count). The fraction of sp³-hybridized carbons (Fsp3) is 1.00. The maximum atomic E-state index is 5.48. The van der Waals surface area contributed by atoms with Gasteiger partial charge >= 0.3 is 0 Å². The molecule has 2 aliphatic rings. The van der Waals surface area contributed by atoms with Gasteiger partial charge in [-0.25, -0.2) is 0 Å². The topological polar surface area (TPSA) is 21.3 Å². The molecule has 0 aromatic carbocycles. The molecule has 0 aromatic heterocycles. The summed E-state index contributed by atoms with van der Waals surface area (Å²) in [6, 6.07) is 0.727. The van der Waals surface area contributed by atoms with E-state index in [2.05, 4.69) is 30.9 Å². The summed E-state index contributed by atoms with van der Waals surface area (Å²) in [6.07, 6.45) is 2.43. The first-order valence-electron chi connectivity index (χ1n) is 5.26. The molecular formula is C10H19NOS. The number of thioether (sulfide) groups is 1. The highest BCUT2D eigenvalue weighted by Crippen LogP contribution is 2.42. The number of ether oxygens (including phenoxy) is 1. The third-order valence-corrected chi connectivity index (χ3v) is 5.07. The molecule has 13 heavy (non-hydrogen) atoms. The number of hydrogen-bond acceptors (Lipinski definition) is 3. The average molecular weight is 201 g/mol. The lowest BCUT2D eigenvalue weighted by Gasteiger charge is -2.39. The van der Waals surface area contributed by atoms with Crippen molar-refractivity contribution in [3.63, 3.8) is 0 Å². The Bertz CT molecular complexity index is 188. The maximum absolute atomic E-state index is 5.48. The second-order valence-electron chi connectivity index (χ2n) is 4.18. The highest BCUT2D eigenvalue weighted by atomic mass is 32.2. The fourth-order valence-electron chi connectivity index (χ4n) is 2.19. The van der Waals surface area contributed by atoms with Gasteiger partial charge in [0.25, 0.3) is 0 Å². The molecule has 0 bridgehead atoms. The Morgan fingerprint density at radius 1 is 1.62 bits per heavy atom. The van der Waals surface area contributed by atoms with Crippen molar-refractivity contribution < 1.29 is 4.74 Å². The first-order chi connectivity index (χ1) is 6.27. The highest BCUT2D eigenvalue weighted by Gasteiger charge is 2.44. The lowest BCUT2D eigenvalue weighted by molar-refractivity contribution is 0.0278. The second kappa shape index (κ2) is 3.79. The number of nitrogens with one attached hydrogen (secondary N) is 1. The van der Waals surface area contributed by atoms with Gasteiger partial charge in [-0.2, -0.15) is 0 Å². The molecule has 2 saturated heterocycles. The van der Waals surface area contributed by atoms with Gasteiger partial charge < -0.3 is 4.74 Å². The van der Waals surface area contributed by atoms with Crippen molar-refractivity contribution >= 4 is 11.8 Å². The van der Waals surface area contributed by atoms with Gasteiger partial charge in [0.05, 0.1) is 11.5 Å². The van der Waals surface area contributed by atoms with Crippen LogP contribution in [0.2, 0.25) is 0 Å². The standard InChI is InChI=1S/C10H19NOS/c1-3-9-7-13-10(11-9)4-5-12-6-8(10)2/h8-9,11H,3-7H2,1-2H3. The van der Waals surface area contributed by atoms with E-state index in [0.29, 0.717) is 10.8 Å². The van der Waals surface area contributed by atoms with E-state index < -0.39 is 0 Å². The van der Waals surface area contributed by atoms with E-state index in [1.807, 2.05) is 0 Å². The van der Waals surface area contributed by atoms with Crippen molar-refractivity contribution in [1.29, 1.82) is 0 Å². The molecule has 2 heterocycles. The van der Waals surface area contributed by atoms with Crippen molar-refractivity contribution in [3.05, 3.63) is 0 Å². The predicted octanol–water partition coefficient (Wildman–Crippen LogP) is 1.85. The van der Waals surface area contributed by atoms with Crippen molar-refractivity contribution in [2.24, 2.45) is 5.92 Å². The van der Waals surface area contributed by atoms with E-state index in [9.17, 15) is 0 Å². The molecule has 76 valence electrons. The minimum absolute atomic E-state index is 0.346. The summed E-state index contributed by atoms with van der Waals surface area (Å²) >= 11 is 2.12. The highest BCUT2D eigenvalue weighted by molar-refractivity contribution is 8.00. The molecule has 0 radical (unpaired) electrons. The van der Waals surface area contributed by atoms with Gasteiger partial charge in [-0.1, -0.05) is 13.8 Å². The van der Waals surface area contributed by atoms with Gasteiger partial charge in [0.15, 0.2) is 0 Å². The zero-order valence-electron chi connectivity index (χ0n) is 8.51. The number of rotatable bonds is 1. The SMILES string of the molecule is CCC1CSC2(CCOCC2C)N1. The van der Waals surface area contributed by atoms with Crippen LogP contribution in [-0.2, 0) is 4.74 Å². The van der Waals surface area contributed by atoms with Gasteiger partial charge in [-0.3, -0.25) is 5.32 Å². The summed E-state index contributed by atoms with van der Waals surface area (Å²) in [4.78, 5) is 0.346. The summed E-state index contributed by atoms with van der Waals surface area (Å²) in [5, 5.41) is 3.79. The summed E-state index contributed by atoms with van der Waals surface area (Å²) in [7, 11) is 0. The first-order valence-corrected chi connectivity index (χ1v) is 6.25. The first kappa shape index (κ1) is 9.81. The van der Waals surface area contributed by atoms with Gasteiger partial charge in [-0.05, 0) is 12.8 Å². The van der Waals surface area contributed by atoms with Crippen LogP contribution in [0.15, 0.2) is 0 Å². The Kier molecular flexibility index (Phi) is 2.86. The Morgan fingerprint density at radius 3 is 3.08 bits per heavy atom. The molecular weight excluding hydrogens is 182 g/mol. The van der Waals surface area contributed by atoms with Crippen molar-refractivity contribution in [2.45, 2.75) is 37.6 Å². The van der Waals surface area contributed by atoms with Crippen LogP contribution < -0.4 is 5.32 Å². The molecule has 2 nitrogen and oxygen atoms in total. The van der Waals surface area contributed by atoms with Crippen molar-refractivity contribution in [1.82, 2.24) is 5.32 Å². The lowest BCUT2D eigenvalue weighted by atomic mass is 9.96. The minimum atomic E-state index is 0.346. The van der Waals surface area contributed by atoms with E-state index in [1.165, 1.54) is 18.6 Å². The monoisotopic (exact) mass is 201 g/mol. The van der Waals surface area contributed by atoms with Crippen LogP contribution in [0.25, 0.3) is 0 Å². The van der Waals surface area contributed by atoms with Crippen LogP contribution in [0.5, 0.6) is 0 Å². The average Bonchev–Trinajstić information content (AvgIpc) is 2.56. The molecule has 2 aliphatic heterocycles. The Balaban J connectivity index is 2.03. The number of hydrogen-bond donors (Lipinski definition) is 1. The summed E-state index contributed by atoms with van der Waals surface area (Å²) in [5.41, 5.74) is 0. The predicted molar refractivity (Wildman–Crippen MR) is 57.0 cm³/mol. The van der Waals surface area contributed by atoms with Crippen LogP contribution in [0.3, 0.4) is 0 Å². The largest absolute Gasteiger partial charge is 0.381 e. The second-order valence-corrected chi connectivity index (χ2v) is 5.53. The van der Waals surface area contributed by atoms with Gasteiger partial charge in [-0.15, -0.1) is 11.8 Å². The van der Waals surface area contributed by atoms with Crippen LogP contribution >= 0.6 is 11.8 Å². The van der Waals surface area contributed by atoms with E-state index in [0.717, 1.165) is 19.3 Å². The third kappa shape index (κ3) is 1.74. The van der Waals surface area contributed by atoms with Crippen LogP contribution in [0.4, 0.5) is 0 Å². The molecule has 2 fully saturated rings. The van der Waals surface area contributed by atoms with Gasteiger partial charge in [0.2, 0.25) is 0 Å². The van der Waals surface area contributed by atoms with Crippen LogP contribution in [0.1, 0.15) is 26.7 Å².